The number of carbonyl (C=O) groups is 1. The van der Waals surface area contributed by atoms with Gasteiger partial charge in [0.1, 0.15) is 0 Å². The van der Waals surface area contributed by atoms with E-state index < -0.39 is 5.97 Å². The van der Waals surface area contributed by atoms with E-state index in [1.165, 1.54) is 12.6 Å². The van der Waals surface area contributed by atoms with Crippen LogP contribution in [0.2, 0.25) is 0 Å². The minimum Gasteiger partial charge on any atom is -0.475 e. The van der Waals surface area contributed by atoms with Crippen molar-refractivity contribution in [2.24, 2.45) is 5.92 Å². The molecule has 0 bridgehead atoms. The van der Waals surface area contributed by atoms with Gasteiger partial charge in [-0.3, -0.25) is 0 Å². The molecule has 1 saturated heterocycles. The molecule has 1 aromatic heterocycles. The van der Waals surface area contributed by atoms with Crippen LogP contribution in [-0.2, 0) is 6.42 Å². The molecule has 0 radical (unpaired) electrons. The largest absolute Gasteiger partial charge is 0.475 e. The maximum atomic E-state index is 10.7. The fraction of sp³-hybridized carbons (Fsp3) is 0.692. The van der Waals surface area contributed by atoms with Crippen LogP contribution in [0.4, 0.5) is 0 Å². The Bertz CT molecular complexity index is 414. The lowest BCUT2D eigenvalue weighted by Crippen LogP contribution is -2.40. The predicted molar refractivity (Wildman–Crippen MR) is 66.6 cm³/mol. The molecule has 5 heteroatoms. The molecular formula is C13H20N2O3. The fourth-order valence-electron chi connectivity index (χ4n) is 2.48. The zero-order chi connectivity index (χ0) is 13.1. The Morgan fingerprint density at radius 2 is 2.44 bits per heavy atom. The highest BCUT2D eigenvalue weighted by molar-refractivity contribution is 5.83. The summed E-state index contributed by atoms with van der Waals surface area (Å²) in [6, 6.07) is 0.562. The Kier molecular flexibility index (Phi) is 4.01. The minimum absolute atomic E-state index is 0.0680. The number of likely N-dealkylation sites (tertiary alicyclic amines) is 1. The minimum atomic E-state index is -1.05. The number of carboxylic acid groups (broad SMARTS) is 1. The van der Waals surface area contributed by atoms with Gasteiger partial charge in [-0.05, 0) is 39.2 Å². The van der Waals surface area contributed by atoms with Crippen molar-refractivity contribution in [1.82, 2.24) is 9.88 Å². The van der Waals surface area contributed by atoms with Crippen molar-refractivity contribution in [3.63, 3.8) is 0 Å². The first-order valence-corrected chi connectivity index (χ1v) is 6.48. The van der Waals surface area contributed by atoms with Crippen LogP contribution < -0.4 is 0 Å². The zero-order valence-electron chi connectivity index (χ0n) is 10.9. The summed E-state index contributed by atoms with van der Waals surface area (Å²) < 4.78 is 5.21. The lowest BCUT2D eigenvalue weighted by Gasteiger charge is -2.35. The van der Waals surface area contributed by atoms with Gasteiger partial charge in [0, 0.05) is 19.0 Å². The quantitative estimate of drug-likeness (QED) is 0.888. The highest BCUT2D eigenvalue weighted by Crippen LogP contribution is 2.22. The van der Waals surface area contributed by atoms with E-state index in [0.29, 0.717) is 17.9 Å². The Balaban J connectivity index is 1.94. The number of rotatable bonds is 4. The normalized spacial score (nSPS) is 21.4. The third-order valence-corrected chi connectivity index (χ3v) is 3.51. The third-order valence-electron chi connectivity index (χ3n) is 3.51. The number of carboxylic acids is 1. The van der Waals surface area contributed by atoms with Gasteiger partial charge in [0.15, 0.2) is 5.89 Å². The van der Waals surface area contributed by atoms with Crippen LogP contribution in [0.5, 0.6) is 0 Å². The molecule has 0 aromatic carbocycles. The first kappa shape index (κ1) is 13.1. The Morgan fingerprint density at radius 3 is 3.06 bits per heavy atom. The molecular weight excluding hydrogens is 232 g/mol. The number of oxazole rings is 1. The van der Waals surface area contributed by atoms with E-state index in [0.717, 1.165) is 25.9 Å². The van der Waals surface area contributed by atoms with Crippen molar-refractivity contribution in [2.45, 2.75) is 39.2 Å². The highest BCUT2D eigenvalue weighted by Gasteiger charge is 2.23. The molecule has 0 amide bonds. The van der Waals surface area contributed by atoms with Crippen molar-refractivity contribution >= 4 is 5.97 Å². The molecule has 18 heavy (non-hydrogen) atoms. The Morgan fingerprint density at radius 1 is 1.67 bits per heavy atom. The zero-order valence-corrected chi connectivity index (χ0v) is 10.9. The van der Waals surface area contributed by atoms with Gasteiger partial charge in [0.25, 0.3) is 0 Å². The van der Waals surface area contributed by atoms with E-state index >= 15 is 0 Å². The van der Waals surface area contributed by atoms with Crippen LogP contribution >= 0.6 is 0 Å². The first-order valence-electron chi connectivity index (χ1n) is 6.48. The van der Waals surface area contributed by atoms with Crippen molar-refractivity contribution < 1.29 is 14.3 Å². The molecule has 5 nitrogen and oxygen atoms in total. The van der Waals surface area contributed by atoms with Gasteiger partial charge in [-0.1, -0.05) is 0 Å². The standard InChI is InChI=1S/C13H20N2O3/c1-9(2)15-5-3-4-10(8-15)6-12-14-7-11(18-12)13(16)17/h7,9-10H,3-6,8H2,1-2H3,(H,16,17). The number of nitrogens with zero attached hydrogens (tertiary/aromatic N) is 2. The van der Waals surface area contributed by atoms with Crippen molar-refractivity contribution in [3.8, 4) is 0 Å². The van der Waals surface area contributed by atoms with E-state index in [1.807, 2.05) is 0 Å². The van der Waals surface area contributed by atoms with Crippen LogP contribution in [0.1, 0.15) is 43.1 Å². The fourth-order valence-corrected chi connectivity index (χ4v) is 2.48. The maximum absolute atomic E-state index is 10.7. The molecule has 1 aromatic rings. The van der Waals surface area contributed by atoms with Gasteiger partial charge in [-0.2, -0.15) is 0 Å². The van der Waals surface area contributed by atoms with Crippen molar-refractivity contribution in [1.29, 1.82) is 0 Å². The van der Waals surface area contributed by atoms with Crippen molar-refractivity contribution in [3.05, 3.63) is 17.8 Å². The van der Waals surface area contributed by atoms with Crippen LogP contribution in [0.15, 0.2) is 10.6 Å². The van der Waals surface area contributed by atoms with Crippen LogP contribution in [0, 0.1) is 5.92 Å². The molecule has 0 saturated carbocycles. The summed E-state index contributed by atoms with van der Waals surface area (Å²) in [7, 11) is 0. The topological polar surface area (TPSA) is 66.6 Å². The second kappa shape index (κ2) is 5.52. The Labute approximate surface area is 107 Å². The summed E-state index contributed by atoms with van der Waals surface area (Å²) in [5, 5.41) is 8.78. The molecule has 0 spiro atoms. The van der Waals surface area contributed by atoms with Gasteiger partial charge in [-0.15, -0.1) is 0 Å². The average molecular weight is 252 g/mol. The summed E-state index contributed by atoms with van der Waals surface area (Å²) >= 11 is 0. The van der Waals surface area contributed by atoms with Gasteiger partial charge < -0.3 is 14.4 Å². The van der Waals surface area contributed by atoms with Gasteiger partial charge in [-0.25, -0.2) is 9.78 Å². The number of aromatic carboxylic acids is 1. The van der Waals surface area contributed by atoms with E-state index in [2.05, 4.69) is 23.7 Å². The second-order valence-corrected chi connectivity index (χ2v) is 5.22. The van der Waals surface area contributed by atoms with E-state index in [-0.39, 0.29) is 5.76 Å². The van der Waals surface area contributed by atoms with Gasteiger partial charge in [0.05, 0.1) is 6.20 Å². The molecule has 1 unspecified atom stereocenters. The van der Waals surface area contributed by atoms with Gasteiger partial charge >= 0.3 is 5.97 Å². The lowest BCUT2D eigenvalue weighted by molar-refractivity contribution is 0.0659. The maximum Gasteiger partial charge on any atom is 0.373 e. The lowest BCUT2D eigenvalue weighted by atomic mass is 9.94. The van der Waals surface area contributed by atoms with Gasteiger partial charge in [0.2, 0.25) is 5.76 Å². The van der Waals surface area contributed by atoms with E-state index in [9.17, 15) is 4.79 Å². The van der Waals surface area contributed by atoms with Crippen molar-refractivity contribution in [2.75, 3.05) is 13.1 Å². The number of aromatic nitrogens is 1. The molecule has 2 heterocycles. The molecule has 1 aliphatic rings. The molecule has 1 atom stereocenters. The summed E-state index contributed by atoms with van der Waals surface area (Å²) in [4.78, 5) is 17.2. The molecule has 1 aliphatic heterocycles. The van der Waals surface area contributed by atoms with E-state index in [1.54, 1.807) is 0 Å². The number of hydrogen-bond donors (Lipinski definition) is 1. The molecule has 0 aliphatic carbocycles. The van der Waals surface area contributed by atoms with E-state index in [4.69, 9.17) is 9.52 Å². The summed E-state index contributed by atoms with van der Waals surface area (Å²) in [5.41, 5.74) is 0. The van der Waals surface area contributed by atoms with Crippen LogP contribution in [-0.4, -0.2) is 40.1 Å². The highest BCUT2D eigenvalue weighted by atomic mass is 16.4. The molecule has 2 rings (SSSR count). The Hall–Kier alpha value is -1.36. The predicted octanol–water partition coefficient (Wildman–Crippen LogP) is 2.04. The smallest absolute Gasteiger partial charge is 0.373 e. The van der Waals surface area contributed by atoms with Crippen LogP contribution in [0.25, 0.3) is 0 Å². The SMILES string of the molecule is CC(C)N1CCCC(Cc2ncc(C(=O)O)o2)C1. The molecule has 1 N–H and O–H groups in total. The summed E-state index contributed by atoms with van der Waals surface area (Å²) in [6.45, 7) is 6.61. The third kappa shape index (κ3) is 3.10. The first-order chi connectivity index (χ1) is 8.56. The summed E-state index contributed by atoms with van der Waals surface area (Å²) in [5.74, 6) is -0.0628. The monoisotopic (exact) mass is 252 g/mol. The molecule has 100 valence electrons. The van der Waals surface area contributed by atoms with Crippen LogP contribution in [0.3, 0.4) is 0 Å². The molecule has 1 fully saturated rings. The second-order valence-electron chi connectivity index (χ2n) is 5.22. The average Bonchev–Trinajstić information content (AvgIpc) is 2.78. The summed E-state index contributed by atoms with van der Waals surface area (Å²) in [6.07, 6.45) is 4.38. The number of piperidine rings is 1. The number of hydrogen-bond acceptors (Lipinski definition) is 4.